The molecule has 0 spiro atoms. The monoisotopic (exact) mass is 532 g/mol. The van der Waals surface area contributed by atoms with Crippen molar-refractivity contribution >= 4 is 14.3 Å². The summed E-state index contributed by atoms with van der Waals surface area (Å²) in [5.74, 6) is 0.464. The third kappa shape index (κ3) is 8.57. The minimum atomic E-state index is -1.50. The maximum atomic E-state index is 12.9. The van der Waals surface area contributed by atoms with Gasteiger partial charge in [0.25, 0.3) is 8.53 Å². The van der Waals surface area contributed by atoms with E-state index in [1.165, 1.54) is 4.57 Å². The topological polar surface area (TPSA) is 91.4 Å². The lowest BCUT2D eigenvalue weighted by molar-refractivity contribution is -0.227. The van der Waals surface area contributed by atoms with Crippen molar-refractivity contribution in [3.05, 3.63) is 70.1 Å². The Labute approximate surface area is 222 Å². The molecule has 11 heteroatoms. The van der Waals surface area contributed by atoms with Crippen LogP contribution in [0.4, 0.5) is 5.82 Å². The Bertz CT molecular complexity index is 1090. The summed E-state index contributed by atoms with van der Waals surface area (Å²) in [6, 6.07) is 11.9. The molecule has 37 heavy (non-hydrogen) atoms. The summed E-state index contributed by atoms with van der Waals surface area (Å²) >= 11 is 0. The van der Waals surface area contributed by atoms with Gasteiger partial charge in [0.05, 0.1) is 19.8 Å². The van der Waals surface area contributed by atoms with Crippen LogP contribution in [0.5, 0.6) is 0 Å². The summed E-state index contributed by atoms with van der Waals surface area (Å²) in [5.41, 5.74) is -0.487. The molecule has 202 valence electrons. The van der Waals surface area contributed by atoms with E-state index in [1.54, 1.807) is 12.3 Å². The van der Waals surface area contributed by atoms with E-state index in [4.69, 9.17) is 26.5 Å². The molecule has 10 nitrogen and oxygen atoms in total. The van der Waals surface area contributed by atoms with Gasteiger partial charge in [-0.15, -0.1) is 0 Å². The van der Waals surface area contributed by atoms with Gasteiger partial charge in [-0.1, -0.05) is 30.3 Å². The molecule has 1 aromatic carbocycles. The smallest absolute Gasteiger partial charge is 0.351 e. The number of aromatic nitrogens is 2. The van der Waals surface area contributed by atoms with Crippen LogP contribution in [0.15, 0.2) is 47.4 Å². The molecular formula is C26H38N5O5P. The van der Waals surface area contributed by atoms with Crippen molar-refractivity contribution in [2.45, 2.75) is 65.1 Å². The Morgan fingerprint density at radius 3 is 2.70 bits per heavy atom. The Kier molecular flexibility index (Phi) is 10.4. The second kappa shape index (κ2) is 14.0. The molecule has 1 saturated heterocycles. The highest BCUT2D eigenvalue weighted by molar-refractivity contribution is 7.44. The lowest BCUT2D eigenvalue weighted by atomic mass is 10.1. The molecule has 1 aromatic heterocycles. The van der Waals surface area contributed by atoms with Crippen LogP contribution in [-0.2, 0) is 25.1 Å². The summed E-state index contributed by atoms with van der Waals surface area (Å²) in [7, 11) is -1.50. The van der Waals surface area contributed by atoms with Crippen molar-refractivity contribution < 1.29 is 19.9 Å². The minimum absolute atomic E-state index is 0.0472. The normalized spacial score (nSPS) is 21.1. The van der Waals surface area contributed by atoms with E-state index >= 15 is 0 Å². The molecule has 0 bridgehead atoms. The third-order valence-corrected chi connectivity index (χ3v) is 7.61. The molecule has 3 rings (SSSR count). The van der Waals surface area contributed by atoms with Crippen LogP contribution < -0.4 is 11.0 Å². The van der Waals surface area contributed by atoms with E-state index in [2.05, 4.69) is 47.5 Å². The number of nitrogens with one attached hydrogen (secondary N) is 1. The fourth-order valence-corrected chi connectivity index (χ4v) is 5.59. The van der Waals surface area contributed by atoms with Crippen LogP contribution >= 0.6 is 8.53 Å². The second-order valence-electron chi connectivity index (χ2n) is 9.41. The van der Waals surface area contributed by atoms with Crippen LogP contribution in [0.2, 0.25) is 0 Å². The molecule has 0 aliphatic carbocycles. The first-order valence-electron chi connectivity index (χ1n) is 13.1. The van der Waals surface area contributed by atoms with Crippen LogP contribution in [0, 0.1) is 6.57 Å². The van der Waals surface area contributed by atoms with Crippen LogP contribution in [0.25, 0.3) is 4.85 Å². The van der Waals surface area contributed by atoms with E-state index in [0.717, 1.165) is 5.56 Å². The van der Waals surface area contributed by atoms with Gasteiger partial charge in [-0.2, -0.15) is 4.98 Å². The highest BCUT2D eigenvalue weighted by Crippen LogP contribution is 2.47. The highest BCUT2D eigenvalue weighted by Gasteiger charge is 2.38. The molecule has 1 fully saturated rings. The molecule has 2 aromatic rings. The molecule has 1 N–H and O–H groups in total. The standard InChI is InChI=1S/C26H38N5O5P/c1-20(2)31(21(3)4)37(34-15-13-27-6)35-19-26(5)18-33-17-24(36-26)30-14-12-23(29-25(30)32)28-16-22-10-8-7-9-11-22/h7-12,14,20-21,24H,13,15-19H2,1-5H3,(H,28,29,32)/t24-,26+,37?/m1/s1/i5D. The van der Waals surface area contributed by atoms with Crippen molar-refractivity contribution in [2.24, 2.45) is 0 Å². The summed E-state index contributed by atoms with van der Waals surface area (Å²) in [6.07, 6.45) is 0.874. The van der Waals surface area contributed by atoms with Gasteiger partial charge in [0.15, 0.2) is 6.23 Å². The van der Waals surface area contributed by atoms with E-state index in [-0.39, 0.29) is 52.0 Å². The Morgan fingerprint density at radius 2 is 2.05 bits per heavy atom. The van der Waals surface area contributed by atoms with Crippen molar-refractivity contribution in [1.82, 2.24) is 14.2 Å². The van der Waals surface area contributed by atoms with Gasteiger partial charge in [-0.25, -0.2) is 16.0 Å². The summed E-state index contributed by atoms with van der Waals surface area (Å²) in [5, 5.41) is 3.16. The number of nitrogens with zero attached hydrogens (tertiary/aromatic N) is 4. The lowest BCUT2D eigenvalue weighted by Crippen LogP contribution is -2.48. The van der Waals surface area contributed by atoms with Crippen molar-refractivity contribution in [1.29, 1.82) is 0 Å². The van der Waals surface area contributed by atoms with Gasteiger partial charge >= 0.3 is 5.69 Å². The van der Waals surface area contributed by atoms with E-state index < -0.39 is 26.0 Å². The first-order chi connectivity index (χ1) is 18.3. The van der Waals surface area contributed by atoms with Gasteiger partial charge in [0.1, 0.15) is 18.0 Å². The third-order valence-electron chi connectivity index (χ3n) is 5.56. The predicted octanol–water partition coefficient (Wildman–Crippen LogP) is 4.46. The number of hydrogen-bond donors (Lipinski definition) is 1. The molecule has 0 radical (unpaired) electrons. The van der Waals surface area contributed by atoms with E-state index in [1.807, 2.05) is 30.3 Å². The molecule has 0 saturated carbocycles. The average Bonchev–Trinajstić information content (AvgIpc) is 2.91. The fourth-order valence-electron chi connectivity index (χ4n) is 3.92. The lowest BCUT2D eigenvalue weighted by Gasteiger charge is -2.41. The van der Waals surface area contributed by atoms with E-state index in [0.29, 0.717) is 12.4 Å². The fraction of sp³-hybridized carbons (Fsp3) is 0.577. The molecule has 3 atom stereocenters. The zero-order valence-electron chi connectivity index (χ0n) is 23.0. The molecule has 1 unspecified atom stereocenters. The van der Waals surface area contributed by atoms with Gasteiger partial charge in [-0.05, 0) is 46.2 Å². The molecule has 0 amide bonds. The number of rotatable bonds is 13. The number of anilines is 1. The van der Waals surface area contributed by atoms with Crippen molar-refractivity contribution in [3.63, 3.8) is 0 Å². The summed E-state index contributed by atoms with van der Waals surface area (Å²) in [4.78, 5) is 20.4. The molecule has 1 aliphatic rings. The largest absolute Gasteiger partial charge is 0.374 e. The SMILES string of the molecule is [2H]C[C@@]1(COP(OCC[N+]#[C-])N(C(C)C)C(C)C)COC[C@H](n2ccc(NCc3ccccc3)nc2=O)O1. The predicted molar refractivity (Wildman–Crippen MR) is 144 cm³/mol. The molecular weight excluding hydrogens is 493 g/mol. The maximum absolute atomic E-state index is 12.9. The van der Waals surface area contributed by atoms with Crippen molar-refractivity contribution in [3.8, 4) is 0 Å². The first kappa shape index (κ1) is 27.6. The number of hydrogen-bond acceptors (Lipinski definition) is 8. The second-order valence-corrected chi connectivity index (χ2v) is 10.9. The zero-order valence-corrected chi connectivity index (χ0v) is 22.9. The van der Waals surface area contributed by atoms with E-state index in [9.17, 15) is 4.79 Å². The number of ether oxygens (including phenoxy) is 2. The Balaban J connectivity index is 1.69. The average molecular weight is 533 g/mol. The molecule has 1 aliphatic heterocycles. The zero-order chi connectivity index (χ0) is 27.5. The summed E-state index contributed by atoms with van der Waals surface area (Å²) < 4.78 is 36.0. The van der Waals surface area contributed by atoms with Gasteiger partial charge in [-0.3, -0.25) is 4.57 Å². The van der Waals surface area contributed by atoms with Crippen molar-refractivity contribution in [2.75, 3.05) is 38.3 Å². The maximum Gasteiger partial charge on any atom is 0.351 e. The van der Waals surface area contributed by atoms with Gasteiger partial charge in [0, 0.05) is 26.2 Å². The highest BCUT2D eigenvalue weighted by atomic mass is 31.2. The quantitative estimate of drug-likeness (QED) is 0.230. The molecule has 2 heterocycles. The summed E-state index contributed by atoms with van der Waals surface area (Å²) in [6.45, 7) is 16.6. The first-order valence-corrected chi connectivity index (χ1v) is 13.5. The Hall–Kier alpha value is -2.38. The van der Waals surface area contributed by atoms with Gasteiger partial charge in [0.2, 0.25) is 6.54 Å². The minimum Gasteiger partial charge on any atom is -0.374 e. The van der Waals surface area contributed by atoms with Crippen LogP contribution in [0.1, 0.15) is 47.8 Å². The van der Waals surface area contributed by atoms with Crippen LogP contribution in [0.3, 0.4) is 0 Å². The number of benzene rings is 1. The van der Waals surface area contributed by atoms with Crippen LogP contribution in [-0.4, -0.2) is 64.9 Å². The Morgan fingerprint density at radius 1 is 1.30 bits per heavy atom. The van der Waals surface area contributed by atoms with Gasteiger partial charge < -0.3 is 28.7 Å².